The minimum Gasteiger partial charge on any atom is -0.508 e. The Morgan fingerprint density at radius 1 is 0.560 bits per heavy atom. The predicted octanol–water partition coefficient (Wildman–Crippen LogP) is 3.16. The number of nitrogens with zero attached hydrogens (tertiary/aromatic N) is 3. The summed E-state index contributed by atoms with van der Waals surface area (Å²) in [6.07, 6.45) is -0.0962. The van der Waals surface area contributed by atoms with Crippen molar-refractivity contribution in [2.45, 2.75) is 6.42 Å². The minimum absolute atomic E-state index is 0.0789. The molecule has 16 heteroatoms. The van der Waals surface area contributed by atoms with E-state index in [4.69, 9.17) is 19.3 Å². The number of carboxylic acid groups (broad SMARTS) is 1. The molecule has 1 aromatic heterocycles. The van der Waals surface area contributed by atoms with Gasteiger partial charge in [0.05, 0.1) is 46.1 Å². The van der Waals surface area contributed by atoms with E-state index in [2.05, 4.69) is 41.5 Å². The van der Waals surface area contributed by atoms with Crippen LogP contribution >= 0.6 is 0 Å². The number of benzene rings is 3. The van der Waals surface area contributed by atoms with Gasteiger partial charge in [-0.2, -0.15) is 15.0 Å². The van der Waals surface area contributed by atoms with Crippen LogP contribution in [0.3, 0.4) is 0 Å². The van der Waals surface area contributed by atoms with E-state index in [0.29, 0.717) is 62.0 Å². The second-order valence-corrected chi connectivity index (χ2v) is 10.5. The van der Waals surface area contributed by atoms with Crippen LogP contribution in [-0.4, -0.2) is 102 Å². The van der Waals surface area contributed by atoms with Crippen molar-refractivity contribution in [2.24, 2.45) is 0 Å². The van der Waals surface area contributed by atoms with Crippen LogP contribution in [0.4, 0.5) is 29.2 Å². The maximum absolute atomic E-state index is 12.5. The number of nitrogens with one attached hydrogen (secondary N) is 5. The SMILES string of the molecule is O=C(O)CCOCCNC(=O)c1ccc(Nc2nc(NCCOCCOCCNC(=O)c3ccccc3)nc(Nc3ccc(O)cc3)n2)cc1. The van der Waals surface area contributed by atoms with Crippen molar-refractivity contribution >= 4 is 47.0 Å². The second kappa shape index (κ2) is 20.5. The van der Waals surface area contributed by atoms with Crippen molar-refractivity contribution in [3.05, 3.63) is 90.0 Å². The first kappa shape index (κ1) is 37.0. The molecule has 1 heterocycles. The van der Waals surface area contributed by atoms with Crippen molar-refractivity contribution in [2.75, 3.05) is 75.2 Å². The summed E-state index contributed by atoms with van der Waals surface area (Å²) in [5, 5.41) is 33.1. The molecule has 2 amide bonds. The van der Waals surface area contributed by atoms with Gasteiger partial charge >= 0.3 is 5.97 Å². The van der Waals surface area contributed by atoms with Crippen molar-refractivity contribution in [3.8, 4) is 5.75 Å². The summed E-state index contributed by atoms with van der Waals surface area (Å²) in [5.74, 6) is -0.521. The van der Waals surface area contributed by atoms with Gasteiger partial charge in [0.1, 0.15) is 5.75 Å². The maximum atomic E-state index is 12.5. The molecule has 4 rings (SSSR count). The molecule has 0 saturated carbocycles. The van der Waals surface area contributed by atoms with Gasteiger partial charge in [-0.3, -0.25) is 14.4 Å². The third kappa shape index (κ3) is 13.7. The predicted molar refractivity (Wildman–Crippen MR) is 185 cm³/mol. The van der Waals surface area contributed by atoms with E-state index in [1.54, 1.807) is 48.5 Å². The summed E-state index contributed by atoms with van der Waals surface area (Å²) < 4.78 is 16.3. The standard InChI is InChI=1S/C34H40N8O8/c43-28-12-10-27(11-13-28)39-34-41-32(37-17-21-50-23-22-49-20-16-35-30(46)24-4-2-1-3-5-24)40-33(42-34)38-26-8-6-25(7-9-26)31(47)36-15-19-48-18-14-29(44)45/h1-13,43H,14-23H2,(H,35,46)(H,36,47)(H,44,45)(H3,37,38,39,40,41,42). The first-order chi connectivity index (χ1) is 24.4. The number of aromatic hydroxyl groups is 1. The summed E-state index contributed by atoms with van der Waals surface area (Å²) in [7, 11) is 0. The smallest absolute Gasteiger partial charge is 0.305 e. The van der Waals surface area contributed by atoms with Gasteiger partial charge in [0, 0.05) is 42.1 Å². The Kier molecular flexibility index (Phi) is 15.2. The topological polar surface area (TPSA) is 218 Å². The zero-order chi connectivity index (χ0) is 35.4. The van der Waals surface area contributed by atoms with Gasteiger partial charge in [0.25, 0.3) is 11.8 Å². The quantitative estimate of drug-likeness (QED) is 0.0466. The fourth-order valence-corrected chi connectivity index (χ4v) is 4.16. The highest BCUT2D eigenvalue weighted by molar-refractivity contribution is 5.94. The van der Waals surface area contributed by atoms with Crippen LogP contribution in [0.2, 0.25) is 0 Å². The van der Waals surface area contributed by atoms with Crippen LogP contribution in [0.5, 0.6) is 5.75 Å². The van der Waals surface area contributed by atoms with E-state index in [9.17, 15) is 19.5 Å². The van der Waals surface area contributed by atoms with Crippen LogP contribution < -0.4 is 26.6 Å². The van der Waals surface area contributed by atoms with Crippen LogP contribution in [-0.2, 0) is 19.0 Å². The number of phenolic OH excluding ortho intramolecular Hbond substituents is 1. The Morgan fingerprint density at radius 2 is 1.04 bits per heavy atom. The average Bonchev–Trinajstić information content (AvgIpc) is 3.12. The number of amides is 2. The molecule has 0 unspecified atom stereocenters. The molecule has 0 radical (unpaired) electrons. The summed E-state index contributed by atoms with van der Waals surface area (Å²) in [5.41, 5.74) is 2.29. The number of aromatic nitrogens is 3. The van der Waals surface area contributed by atoms with E-state index in [0.717, 1.165) is 0 Å². The number of ether oxygens (including phenoxy) is 3. The molecule has 0 aliphatic carbocycles. The Bertz CT molecular complexity index is 1640. The van der Waals surface area contributed by atoms with E-state index >= 15 is 0 Å². The summed E-state index contributed by atoms with van der Waals surface area (Å²) in [6, 6.07) is 22.1. The van der Waals surface area contributed by atoms with E-state index in [-0.39, 0.29) is 61.6 Å². The number of hydrogen-bond donors (Lipinski definition) is 7. The average molecular weight is 689 g/mol. The lowest BCUT2D eigenvalue weighted by Gasteiger charge is -2.12. The molecule has 16 nitrogen and oxygen atoms in total. The molecule has 0 aliphatic heterocycles. The van der Waals surface area contributed by atoms with Crippen molar-refractivity contribution in [1.82, 2.24) is 25.6 Å². The zero-order valence-corrected chi connectivity index (χ0v) is 27.3. The minimum atomic E-state index is -0.943. The first-order valence-electron chi connectivity index (χ1n) is 15.9. The van der Waals surface area contributed by atoms with Gasteiger partial charge in [0.2, 0.25) is 17.8 Å². The van der Waals surface area contributed by atoms with Gasteiger partial charge in [-0.25, -0.2) is 0 Å². The number of carbonyl (C=O) groups excluding carboxylic acids is 2. The van der Waals surface area contributed by atoms with Gasteiger partial charge in [-0.15, -0.1) is 0 Å². The highest BCUT2D eigenvalue weighted by atomic mass is 16.5. The first-order valence-corrected chi connectivity index (χ1v) is 15.9. The third-order valence-corrected chi connectivity index (χ3v) is 6.62. The number of carbonyl (C=O) groups is 3. The Hall–Kier alpha value is -5.84. The molecular weight excluding hydrogens is 648 g/mol. The van der Waals surface area contributed by atoms with Crippen LogP contribution in [0.1, 0.15) is 27.1 Å². The highest BCUT2D eigenvalue weighted by Crippen LogP contribution is 2.21. The van der Waals surface area contributed by atoms with E-state index in [1.807, 2.05) is 18.2 Å². The largest absolute Gasteiger partial charge is 0.508 e. The lowest BCUT2D eigenvalue weighted by Crippen LogP contribution is -2.27. The fraction of sp³-hybridized carbons (Fsp3) is 0.294. The molecule has 7 N–H and O–H groups in total. The maximum Gasteiger partial charge on any atom is 0.305 e. The van der Waals surface area contributed by atoms with Crippen molar-refractivity contribution in [3.63, 3.8) is 0 Å². The number of aliphatic carboxylic acids is 1. The van der Waals surface area contributed by atoms with E-state index in [1.165, 1.54) is 12.1 Å². The lowest BCUT2D eigenvalue weighted by molar-refractivity contribution is -0.138. The molecule has 264 valence electrons. The van der Waals surface area contributed by atoms with Crippen LogP contribution in [0.25, 0.3) is 0 Å². The van der Waals surface area contributed by atoms with Crippen LogP contribution in [0.15, 0.2) is 78.9 Å². The monoisotopic (exact) mass is 688 g/mol. The van der Waals surface area contributed by atoms with Gasteiger partial charge in [-0.05, 0) is 60.7 Å². The van der Waals surface area contributed by atoms with Crippen molar-refractivity contribution in [1.29, 1.82) is 0 Å². The zero-order valence-electron chi connectivity index (χ0n) is 27.3. The number of anilines is 5. The molecule has 3 aromatic carbocycles. The highest BCUT2D eigenvalue weighted by Gasteiger charge is 2.10. The second-order valence-electron chi connectivity index (χ2n) is 10.5. The number of carboxylic acids is 1. The third-order valence-electron chi connectivity index (χ3n) is 6.62. The fourth-order valence-electron chi connectivity index (χ4n) is 4.16. The summed E-state index contributed by atoms with van der Waals surface area (Å²) in [6.45, 7) is 2.74. The molecule has 4 aromatic rings. The molecule has 50 heavy (non-hydrogen) atoms. The molecule has 0 atom stereocenters. The summed E-state index contributed by atoms with van der Waals surface area (Å²) >= 11 is 0. The van der Waals surface area contributed by atoms with Crippen LogP contribution in [0, 0.1) is 0 Å². The molecule has 0 fully saturated rings. The lowest BCUT2D eigenvalue weighted by atomic mass is 10.2. The Labute approximate surface area is 288 Å². The normalized spacial score (nSPS) is 10.6. The van der Waals surface area contributed by atoms with Gasteiger partial charge in [0.15, 0.2) is 0 Å². The molecule has 0 saturated heterocycles. The molecule has 0 bridgehead atoms. The number of hydrogen-bond acceptors (Lipinski definition) is 13. The van der Waals surface area contributed by atoms with Gasteiger partial charge in [-0.1, -0.05) is 18.2 Å². The molecular formula is C34H40N8O8. The van der Waals surface area contributed by atoms with E-state index < -0.39 is 5.97 Å². The van der Waals surface area contributed by atoms with Crippen molar-refractivity contribution < 1.29 is 38.8 Å². The number of phenols is 1. The molecule has 0 spiro atoms. The van der Waals surface area contributed by atoms with Gasteiger partial charge < -0.3 is 51.0 Å². The Balaban J connectivity index is 1.22. The molecule has 0 aliphatic rings. The Morgan fingerprint density at radius 3 is 1.60 bits per heavy atom. The summed E-state index contributed by atoms with van der Waals surface area (Å²) in [4.78, 5) is 48.4. The number of rotatable bonds is 22.